The van der Waals surface area contributed by atoms with E-state index in [2.05, 4.69) is 102 Å². The molecule has 0 N–H and O–H groups in total. The Balaban J connectivity index is 0.000000618. The quantitative estimate of drug-likeness (QED) is 0.118. The summed E-state index contributed by atoms with van der Waals surface area (Å²) in [5, 5.41) is 32.6. The average Bonchev–Trinajstić information content (AvgIpc) is 3.42. The maximum atomic E-state index is 10.3. The predicted molar refractivity (Wildman–Crippen MR) is 195 cm³/mol. The van der Waals surface area contributed by atoms with E-state index in [0.717, 1.165) is 59.5 Å². The molecule has 5 aromatic rings. The van der Waals surface area contributed by atoms with Crippen LogP contribution in [0.4, 0.5) is 11.4 Å². The molecule has 4 aromatic carbocycles. The third-order valence-corrected chi connectivity index (χ3v) is 7.90. The number of rotatable bonds is 12. The Morgan fingerprint density at radius 1 is 0.490 bits per heavy atom. The standard InChI is InChI=1S/C28H42N4O.2C6H6O.2Zn/c1-19(2)31(20(3)4)17-15-29-25-13-9-11-23-24-12-10-14-26(28(24)33-27(23)25)30-16-18-32(21(5)6)22(7)8;2*7-6-4-2-1-3-5-6;;/h9-14,19-22H,15-18H2,1-8H3;2*1-5,7H;;/q-2;;;2*+2/p-2. The minimum Gasteiger partial charge on any atom is -0.872 e. The van der Waals surface area contributed by atoms with E-state index >= 15 is 0 Å². The van der Waals surface area contributed by atoms with Crippen LogP contribution < -0.4 is 10.2 Å². The molecule has 9 heteroatoms. The molecule has 0 fully saturated rings. The molecular formula is C40H52N4O3Zn2. The summed E-state index contributed by atoms with van der Waals surface area (Å²) in [5.74, 6) is 0.144. The van der Waals surface area contributed by atoms with Crippen molar-refractivity contribution in [3.63, 3.8) is 0 Å². The zero-order chi connectivity index (χ0) is 34.3. The second kappa shape index (κ2) is 22.7. The van der Waals surface area contributed by atoms with Crippen molar-refractivity contribution in [3.05, 3.63) is 108 Å². The third-order valence-electron chi connectivity index (χ3n) is 7.90. The molecule has 254 valence electrons. The number of fused-ring (bicyclic) bond motifs is 3. The first-order chi connectivity index (χ1) is 22.5. The van der Waals surface area contributed by atoms with E-state index in [1.807, 2.05) is 12.1 Å². The van der Waals surface area contributed by atoms with Crippen LogP contribution in [0.25, 0.3) is 32.6 Å². The monoisotopic (exact) mass is 764 g/mol. The van der Waals surface area contributed by atoms with Crippen molar-refractivity contribution in [1.29, 1.82) is 0 Å². The van der Waals surface area contributed by atoms with Gasteiger partial charge in [-0.05, 0) is 68.5 Å². The maximum Gasteiger partial charge on any atom is 2.00 e. The Bertz CT molecular complexity index is 1460. The van der Waals surface area contributed by atoms with Gasteiger partial charge < -0.3 is 35.1 Å². The van der Waals surface area contributed by atoms with Crippen LogP contribution in [-0.4, -0.2) is 60.1 Å². The summed E-state index contributed by atoms with van der Waals surface area (Å²) in [6.45, 7) is 21.3. The number of nitrogens with zero attached hydrogens (tertiary/aromatic N) is 4. The van der Waals surface area contributed by atoms with Gasteiger partial charge in [0.05, 0.1) is 0 Å². The number of para-hydroxylation sites is 4. The number of furan rings is 1. The van der Waals surface area contributed by atoms with Gasteiger partial charge in [-0.15, -0.1) is 24.6 Å². The van der Waals surface area contributed by atoms with Gasteiger partial charge in [0.1, 0.15) is 11.2 Å². The van der Waals surface area contributed by atoms with E-state index in [1.165, 1.54) is 24.3 Å². The van der Waals surface area contributed by atoms with E-state index in [1.54, 1.807) is 24.3 Å². The Labute approximate surface area is 320 Å². The molecule has 7 nitrogen and oxygen atoms in total. The molecule has 0 aliphatic carbocycles. The Morgan fingerprint density at radius 2 is 0.816 bits per heavy atom. The van der Waals surface area contributed by atoms with Crippen LogP contribution in [0.3, 0.4) is 0 Å². The zero-order valence-electron chi connectivity index (χ0n) is 30.8. The van der Waals surface area contributed by atoms with Gasteiger partial charge in [0.15, 0.2) is 0 Å². The first-order valence-corrected chi connectivity index (χ1v) is 16.7. The van der Waals surface area contributed by atoms with Gasteiger partial charge in [-0.25, -0.2) is 0 Å². The molecular weight excluding hydrogens is 715 g/mol. The molecule has 49 heavy (non-hydrogen) atoms. The second-order valence-corrected chi connectivity index (χ2v) is 12.6. The van der Waals surface area contributed by atoms with Crippen molar-refractivity contribution in [2.45, 2.75) is 79.6 Å². The molecule has 0 aliphatic heterocycles. The fourth-order valence-electron chi connectivity index (χ4n) is 5.68. The summed E-state index contributed by atoms with van der Waals surface area (Å²) >= 11 is 0. The number of hydrogen-bond donors (Lipinski definition) is 0. The molecule has 0 atom stereocenters. The Kier molecular flexibility index (Phi) is 20.4. The van der Waals surface area contributed by atoms with Gasteiger partial charge in [-0.1, -0.05) is 108 Å². The van der Waals surface area contributed by atoms with Gasteiger partial charge in [0.2, 0.25) is 0 Å². The van der Waals surface area contributed by atoms with Crippen molar-refractivity contribution >= 4 is 33.3 Å². The molecule has 0 aliphatic rings. The third kappa shape index (κ3) is 14.1. The second-order valence-electron chi connectivity index (χ2n) is 12.6. The first kappa shape index (κ1) is 44.1. The van der Waals surface area contributed by atoms with E-state index in [4.69, 9.17) is 15.1 Å². The molecule has 0 bridgehead atoms. The van der Waals surface area contributed by atoms with Crippen LogP contribution in [0.15, 0.2) is 101 Å². The summed E-state index contributed by atoms with van der Waals surface area (Å²) in [5.41, 5.74) is 3.57. The van der Waals surface area contributed by atoms with Gasteiger partial charge in [0, 0.05) is 34.9 Å². The Hall–Kier alpha value is -2.95. The molecule has 5 rings (SSSR count). The van der Waals surface area contributed by atoms with Gasteiger partial charge in [-0.2, -0.15) is 0 Å². The molecule has 1 heterocycles. The van der Waals surface area contributed by atoms with Crippen LogP contribution in [-0.2, 0) is 39.0 Å². The fourth-order valence-corrected chi connectivity index (χ4v) is 5.68. The van der Waals surface area contributed by atoms with Crippen molar-refractivity contribution in [3.8, 4) is 11.5 Å². The number of benzene rings is 4. The van der Waals surface area contributed by atoms with E-state index in [9.17, 15) is 10.2 Å². The smallest absolute Gasteiger partial charge is 0.872 e. The molecule has 0 saturated heterocycles. The van der Waals surface area contributed by atoms with E-state index < -0.39 is 0 Å². The van der Waals surface area contributed by atoms with Crippen molar-refractivity contribution in [2.24, 2.45) is 0 Å². The zero-order valence-corrected chi connectivity index (χ0v) is 36.7. The van der Waals surface area contributed by atoms with Crippen molar-refractivity contribution in [2.75, 3.05) is 26.2 Å². The predicted octanol–water partition coefficient (Wildman–Crippen LogP) is 9.35. The molecule has 1 aromatic heterocycles. The maximum absolute atomic E-state index is 10.3. The minimum absolute atomic E-state index is 0. The normalized spacial score (nSPS) is 10.9. The molecule has 0 amide bonds. The molecule has 0 unspecified atom stereocenters. The first-order valence-electron chi connectivity index (χ1n) is 16.7. The van der Waals surface area contributed by atoms with Gasteiger partial charge >= 0.3 is 39.0 Å². The summed E-state index contributed by atoms with van der Waals surface area (Å²) in [7, 11) is 0. The van der Waals surface area contributed by atoms with E-state index in [-0.39, 0.29) is 50.5 Å². The topological polar surface area (TPSA) is 93.9 Å². The number of hydrogen-bond acceptors (Lipinski definition) is 5. The summed E-state index contributed by atoms with van der Waals surface area (Å²) < 4.78 is 6.40. The van der Waals surface area contributed by atoms with Gasteiger partial charge in [-0.3, -0.25) is 0 Å². The summed E-state index contributed by atoms with van der Waals surface area (Å²) in [4.78, 5) is 4.94. The fraction of sp³-hybridized carbons (Fsp3) is 0.400. The van der Waals surface area contributed by atoms with Crippen LogP contribution in [0, 0.1) is 0 Å². The average molecular weight is 768 g/mol. The van der Waals surface area contributed by atoms with E-state index in [0.29, 0.717) is 24.2 Å². The summed E-state index contributed by atoms with van der Waals surface area (Å²) in [6, 6.07) is 31.2. The SMILES string of the molecule is CC(C)N(CC[N-]c1cccc2c1oc1c([N-]CCN(C(C)C)C(C)C)cccc12)C(C)C.[O-]c1ccccc1.[O-]c1ccccc1.[Zn+2].[Zn+2]. The largest absolute Gasteiger partial charge is 2.00 e. The van der Waals surface area contributed by atoms with Crippen molar-refractivity contribution < 1.29 is 53.6 Å². The van der Waals surface area contributed by atoms with Crippen LogP contribution >= 0.6 is 0 Å². The van der Waals surface area contributed by atoms with Crippen LogP contribution in [0.2, 0.25) is 0 Å². The molecule has 0 spiro atoms. The summed E-state index contributed by atoms with van der Waals surface area (Å²) in [6.07, 6.45) is 0. The van der Waals surface area contributed by atoms with Crippen molar-refractivity contribution in [1.82, 2.24) is 9.80 Å². The molecule has 0 radical (unpaired) electrons. The Morgan fingerprint density at radius 3 is 1.08 bits per heavy atom. The van der Waals surface area contributed by atoms with Crippen LogP contribution in [0.1, 0.15) is 55.4 Å². The minimum atomic E-state index is 0. The van der Waals surface area contributed by atoms with Gasteiger partial charge in [0.25, 0.3) is 0 Å². The van der Waals surface area contributed by atoms with Crippen LogP contribution in [0.5, 0.6) is 11.5 Å². The molecule has 0 saturated carbocycles.